The van der Waals surface area contributed by atoms with Crippen LogP contribution in [0.3, 0.4) is 0 Å². The Morgan fingerprint density at radius 3 is 2.76 bits per heavy atom. The summed E-state index contributed by atoms with van der Waals surface area (Å²) in [5.74, 6) is -1.08. The molecule has 0 unspecified atom stereocenters. The molecule has 6 nitrogen and oxygen atoms in total. The van der Waals surface area contributed by atoms with Gasteiger partial charge < -0.3 is 10.1 Å². The molecule has 0 saturated carbocycles. The molecule has 7 heteroatoms. The number of carbonyl (C=O) groups is 1. The summed E-state index contributed by atoms with van der Waals surface area (Å²) >= 11 is 1.46. The standard InChI is InChI=1S/C14H10N2O4S/c17-12-13(18)16(7-9-2-1-5-21-9)11-6-8(14(19)20)3-4-10(11)15-12/h1-6H,7H2,(H,15,17)(H,19,20). The van der Waals surface area contributed by atoms with Crippen LogP contribution in [0, 0.1) is 0 Å². The van der Waals surface area contributed by atoms with Crippen molar-refractivity contribution in [1.29, 1.82) is 0 Å². The van der Waals surface area contributed by atoms with Gasteiger partial charge in [-0.05, 0) is 29.6 Å². The number of nitrogens with zero attached hydrogens (tertiary/aromatic N) is 1. The summed E-state index contributed by atoms with van der Waals surface area (Å²) < 4.78 is 1.30. The van der Waals surface area contributed by atoms with Gasteiger partial charge in [0.2, 0.25) is 0 Å². The molecule has 1 aromatic carbocycles. The molecular formula is C14H10N2O4S. The summed E-state index contributed by atoms with van der Waals surface area (Å²) in [6.07, 6.45) is 0. The first-order valence-electron chi connectivity index (χ1n) is 6.09. The van der Waals surface area contributed by atoms with Crippen LogP contribution in [0.25, 0.3) is 11.0 Å². The molecule has 2 N–H and O–H groups in total. The van der Waals surface area contributed by atoms with Crippen molar-refractivity contribution in [1.82, 2.24) is 9.55 Å². The topological polar surface area (TPSA) is 92.2 Å². The number of carboxylic acids is 1. The zero-order valence-electron chi connectivity index (χ0n) is 10.7. The van der Waals surface area contributed by atoms with Crippen molar-refractivity contribution in [3.05, 3.63) is 66.9 Å². The van der Waals surface area contributed by atoms with E-state index in [-0.39, 0.29) is 12.1 Å². The van der Waals surface area contributed by atoms with Gasteiger partial charge in [-0.3, -0.25) is 14.2 Å². The maximum absolute atomic E-state index is 12.1. The highest BCUT2D eigenvalue weighted by Crippen LogP contribution is 2.15. The normalized spacial score (nSPS) is 10.9. The minimum Gasteiger partial charge on any atom is -0.478 e. The third kappa shape index (κ3) is 2.38. The first-order chi connectivity index (χ1) is 10.1. The Morgan fingerprint density at radius 2 is 2.10 bits per heavy atom. The Bertz CT molecular complexity index is 938. The summed E-state index contributed by atoms with van der Waals surface area (Å²) in [5.41, 5.74) is -0.525. The number of nitrogens with one attached hydrogen (secondary N) is 1. The zero-order valence-corrected chi connectivity index (χ0v) is 11.5. The van der Waals surface area contributed by atoms with Crippen molar-refractivity contribution >= 4 is 28.3 Å². The van der Waals surface area contributed by atoms with Crippen LogP contribution in [0.15, 0.2) is 45.3 Å². The number of hydrogen-bond donors (Lipinski definition) is 2. The number of aromatic carboxylic acids is 1. The second kappa shape index (κ2) is 5.02. The fourth-order valence-corrected chi connectivity index (χ4v) is 2.81. The van der Waals surface area contributed by atoms with Crippen LogP contribution < -0.4 is 11.1 Å². The first kappa shape index (κ1) is 13.3. The highest BCUT2D eigenvalue weighted by atomic mass is 32.1. The van der Waals surface area contributed by atoms with Crippen molar-refractivity contribution in [2.75, 3.05) is 0 Å². The van der Waals surface area contributed by atoms with Crippen LogP contribution in [-0.4, -0.2) is 20.6 Å². The molecular weight excluding hydrogens is 292 g/mol. The molecule has 0 bridgehead atoms. The molecule has 0 aliphatic rings. The lowest BCUT2D eigenvalue weighted by Gasteiger charge is -2.09. The summed E-state index contributed by atoms with van der Waals surface area (Å²) in [4.78, 5) is 38.2. The molecule has 0 atom stereocenters. The monoisotopic (exact) mass is 302 g/mol. The van der Waals surface area contributed by atoms with E-state index >= 15 is 0 Å². The van der Waals surface area contributed by atoms with Crippen LogP contribution in [-0.2, 0) is 6.54 Å². The quantitative estimate of drug-likeness (QED) is 0.717. The van der Waals surface area contributed by atoms with Crippen molar-refractivity contribution < 1.29 is 9.90 Å². The molecule has 3 rings (SSSR count). The fourth-order valence-electron chi connectivity index (χ4n) is 2.12. The van der Waals surface area contributed by atoms with Crippen LogP contribution in [0.2, 0.25) is 0 Å². The molecule has 2 aromatic heterocycles. The van der Waals surface area contributed by atoms with E-state index in [0.717, 1.165) is 4.88 Å². The van der Waals surface area contributed by atoms with Crippen LogP contribution >= 0.6 is 11.3 Å². The summed E-state index contributed by atoms with van der Waals surface area (Å²) in [6.45, 7) is 0.236. The molecule has 106 valence electrons. The average molecular weight is 302 g/mol. The zero-order chi connectivity index (χ0) is 15.0. The molecule has 0 amide bonds. The lowest BCUT2D eigenvalue weighted by molar-refractivity contribution is 0.0697. The van der Waals surface area contributed by atoms with Gasteiger partial charge >= 0.3 is 17.1 Å². The second-order valence-electron chi connectivity index (χ2n) is 4.46. The van der Waals surface area contributed by atoms with E-state index < -0.39 is 17.1 Å². The van der Waals surface area contributed by atoms with Crippen molar-refractivity contribution in [3.8, 4) is 0 Å². The summed E-state index contributed by atoms with van der Waals surface area (Å²) in [5, 5.41) is 10.9. The smallest absolute Gasteiger partial charge is 0.335 e. The molecule has 0 fully saturated rings. The van der Waals surface area contributed by atoms with Gasteiger partial charge in [-0.25, -0.2) is 4.79 Å². The minimum atomic E-state index is -1.08. The first-order valence-corrected chi connectivity index (χ1v) is 6.97. The number of hydrogen-bond acceptors (Lipinski definition) is 4. The Morgan fingerprint density at radius 1 is 1.29 bits per heavy atom. The van der Waals surface area contributed by atoms with Gasteiger partial charge in [0.05, 0.1) is 23.1 Å². The van der Waals surface area contributed by atoms with E-state index in [2.05, 4.69) is 4.98 Å². The lowest BCUT2D eigenvalue weighted by atomic mass is 10.2. The molecule has 3 aromatic rings. The Kier molecular flexibility index (Phi) is 3.19. The van der Waals surface area contributed by atoms with Gasteiger partial charge in [0, 0.05) is 4.88 Å². The maximum Gasteiger partial charge on any atom is 0.335 e. The number of fused-ring (bicyclic) bond motifs is 1. The van der Waals surface area contributed by atoms with E-state index in [0.29, 0.717) is 11.0 Å². The molecule has 0 spiro atoms. The van der Waals surface area contributed by atoms with Crippen molar-refractivity contribution in [2.45, 2.75) is 6.54 Å². The largest absolute Gasteiger partial charge is 0.478 e. The van der Waals surface area contributed by atoms with Gasteiger partial charge in [0.1, 0.15) is 0 Å². The summed E-state index contributed by atoms with van der Waals surface area (Å²) in [7, 11) is 0. The number of aromatic nitrogens is 2. The fraction of sp³-hybridized carbons (Fsp3) is 0.0714. The van der Waals surface area contributed by atoms with Gasteiger partial charge in [-0.1, -0.05) is 6.07 Å². The highest BCUT2D eigenvalue weighted by molar-refractivity contribution is 7.09. The second-order valence-corrected chi connectivity index (χ2v) is 5.49. The number of H-pyrrole nitrogens is 1. The molecule has 2 heterocycles. The van der Waals surface area contributed by atoms with Crippen molar-refractivity contribution in [3.63, 3.8) is 0 Å². The SMILES string of the molecule is O=C(O)c1ccc2[nH]c(=O)c(=O)n(Cc3cccs3)c2c1. The van der Waals surface area contributed by atoms with E-state index in [9.17, 15) is 14.4 Å². The number of benzene rings is 1. The van der Waals surface area contributed by atoms with E-state index in [1.54, 1.807) is 0 Å². The molecule has 0 aliphatic carbocycles. The Balaban J connectivity index is 2.30. The molecule has 0 saturated heterocycles. The van der Waals surface area contributed by atoms with Crippen LogP contribution in [0.1, 0.15) is 15.2 Å². The van der Waals surface area contributed by atoms with Crippen molar-refractivity contribution in [2.24, 2.45) is 0 Å². The predicted molar refractivity (Wildman–Crippen MR) is 79.2 cm³/mol. The number of carboxylic acid groups (broad SMARTS) is 1. The van der Waals surface area contributed by atoms with Gasteiger partial charge in [-0.2, -0.15) is 0 Å². The van der Waals surface area contributed by atoms with Gasteiger partial charge in [0.25, 0.3) is 0 Å². The third-order valence-corrected chi connectivity index (χ3v) is 3.98. The number of aromatic amines is 1. The van der Waals surface area contributed by atoms with Gasteiger partial charge in [-0.15, -0.1) is 11.3 Å². The van der Waals surface area contributed by atoms with Gasteiger partial charge in [0.15, 0.2) is 0 Å². The highest BCUT2D eigenvalue weighted by Gasteiger charge is 2.11. The predicted octanol–water partition coefficient (Wildman–Crippen LogP) is 1.50. The van der Waals surface area contributed by atoms with Crippen LogP contribution in [0.5, 0.6) is 0 Å². The number of thiophene rings is 1. The van der Waals surface area contributed by atoms with E-state index in [4.69, 9.17) is 5.11 Å². The summed E-state index contributed by atoms with van der Waals surface area (Å²) in [6, 6.07) is 7.97. The average Bonchev–Trinajstić information content (AvgIpc) is 2.96. The number of rotatable bonds is 3. The maximum atomic E-state index is 12.1. The third-order valence-electron chi connectivity index (χ3n) is 3.12. The molecule has 21 heavy (non-hydrogen) atoms. The lowest BCUT2D eigenvalue weighted by Crippen LogP contribution is -2.36. The minimum absolute atomic E-state index is 0.0638. The molecule has 0 aliphatic heterocycles. The van der Waals surface area contributed by atoms with E-state index in [1.807, 2.05) is 17.5 Å². The Hall–Kier alpha value is -2.67. The molecule has 0 radical (unpaired) electrons. The Labute approximate surface area is 121 Å². The van der Waals surface area contributed by atoms with Crippen LogP contribution in [0.4, 0.5) is 0 Å². The van der Waals surface area contributed by atoms with E-state index in [1.165, 1.54) is 34.1 Å².